The Hall–Kier alpha value is -1.00. The molecule has 0 amide bonds. The van der Waals surface area contributed by atoms with E-state index in [2.05, 4.69) is 17.3 Å². The second-order valence-corrected chi connectivity index (χ2v) is 3.94. The van der Waals surface area contributed by atoms with Crippen molar-refractivity contribution >= 4 is 0 Å². The van der Waals surface area contributed by atoms with Crippen molar-refractivity contribution in [3.05, 3.63) is 29.8 Å². The molecule has 0 saturated carbocycles. The van der Waals surface area contributed by atoms with E-state index in [0.29, 0.717) is 5.69 Å². The molecule has 0 radical (unpaired) electrons. The molecule has 1 unspecified atom stereocenters. The van der Waals surface area contributed by atoms with Crippen LogP contribution < -0.4 is 11.3 Å². The Morgan fingerprint density at radius 2 is 2.25 bits per heavy atom. The fourth-order valence-electron chi connectivity index (χ4n) is 1.73. The molecule has 4 heteroatoms. The predicted octanol–water partition coefficient (Wildman–Crippen LogP) is 2.70. The maximum absolute atomic E-state index is 13.4. The molecule has 1 aromatic heterocycles. The third-order valence-electron chi connectivity index (χ3n) is 2.66. The van der Waals surface area contributed by atoms with Gasteiger partial charge in [0.25, 0.3) is 0 Å². The molecule has 1 heterocycles. The minimum Gasteiger partial charge on any atom is -0.271 e. The molecule has 90 valence electrons. The topological polar surface area (TPSA) is 50.9 Å². The number of halogens is 1. The maximum atomic E-state index is 13.4. The van der Waals surface area contributed by atoms with Gasteiger partial charge in [-0.2, -0.15) is 0 Å². The SMILES string of the molecule is CCCCCCC(NN)c1ncccc1F. The van der Waals surface area contributed by atoms with Gasteiger partial charge in [0.05, 0.1) is 11.7 Å². The largest absolute Gasteiger partial charge is 0.271 e. The fourth-order valence-corrected chi connectivity index (χ4v) is 1.73. The molecule has 16 heavy (non-hydrogen) atoms. The van der Waals surface area contributed by atoms with Gasteiger partial charge in [-0.25, -0.2) is 4.39 Å². The highest BCUT2D eigenvalue weighted by Crippen LogP contribution is 2.19. The number of hydrogen-bond donors (Lipinski definition) is 2. The lowest BCUT2D eigenvalue weighted by atomic mass is 10.0. The lowest BCUT2D eigenvalue weighted by Crippen LogP contribution is -2.29. The maximum Gasteiger partial charge on any atom is 0.146 e. The van der Waals surface area contributed by atoms with E-state index in [4.69, 9.17) is 5.84 Å². The number of nitrogens with one attached hydrogen (secondary N) is 1. The summed E-state index contributed by atoms with van der Waals surface area (Å²) in [5.74, 6) is 5.14. The average molecular weight is 225 g/mol. The number of nitrogens with two attached hydrogens (primary N) is 1. The number of hydrogen-bond acceptors (Lipinski definition) is 3. The Balaban J connectivity index is 2.51. The molecular weight excluding hydrogens is 205 g/mol. The van der Waals surface area contributed by atoms with E-state index >= 15 is 0 Å². The fraction of sp³-hybridized carbons (Fsp3) is 0.583. The number of aromatic nitrogens is 1. The highest BCUT2D eigenvalue weighted by Gasteiger charge is 2.14. The normalized spacial score (nSPS) is 12.7. The van der Waals surface area contributed by atoms with Crippen molar-refractivity contribution < 1.29 is 4.39 Å². The summed E-state index contributed by atoms with van der Waals surface area (Å²) in [4.78, 5) is 4.03. The number of hydrazine groups is 1. The summed E-state index contributed by atoms with van der Waals surface area (Å²) < 4.78 is 13.4. The number of rotatable bonds is 7. The third kappa shape index (κ3) is 3.87. The second kappa shape index (κ2) is 7.30. The first-order valence-corrected chi connectivity index (χ1v) is 5.86. The molecule has 3 nitrogen and oxygen atoms in total. The summed E-state index contributed by atoms with van der Waals surface area (Å²) >= 11 is 0. The van der Waals surface area contributed by atoms with Gasteiger partial charge in [0.1, 0.15) is 5.82 Å². The highest BCUT2D eigenvalue weighted by atomic mass is 19.1. The molecule has 1 atom stereocenters. The van der Waals surface area contributed by atoms with Crippen molar-refractivity contribution in [2.45, 2.75) is 45.1 Å². The summed E-state index contributed by atoms with van der Waals surface area (Å²) in [6, 6.07) is 2.82. The Morgan fingerprint density at radius 1 is 1.44 bits per heavy atom. The lowest BCUT2D eigenvalue weighted by molar-refractivity contribution is 0.449. The van der Waals surface area contributed by atoms with Crippen molar-refractivity contribution in [1.82, 2.24) is 10.4 Å². The van der Waals surface area contributed by atoms with Crippen LogP contribution in [0.1, 0.15) is 50.8 Å². The number of nitrogens with zero attached hydrogens (tertiary/aromatic N) is 1. The summed E-state index contributed by atoms with van der Waals surface area (Å²) in [6.07, 6.45) is 7.02. The van der Waals surface area contributed by atoms with Crippen LogP contribution in [0.5, 0.6) is 0 Å². The highest BCUT2D eigenvalue weighted by molar-refractivity contribution is 5.11. The molecule has 0 aromatic carbocycles. The molecule has 0 bridgehead atoms. The number of unbranched alkanes of at least 4 members (excludes halogenated alkanes) is 3. The van der Waals surface area contributed by atoms with Crippen LogP contribution in [-0.4, -0.2) is 4.98 Å². The van der Waals surface area contributed by atoms with Gasteiger partial charge >= 0.3 is 0 Å². The minimum atomic E-state index is -0.291. The van der Waals surface area contributed by atoms with Crippen molar-refractivity contribution in [3.8, 4) is 0 Å². The summed E-state index contributed by atoms with van der Waals surface area (Å²) in [5.41, 5.74) is 3.05. The molecule has 3 N–H and O–H groups in total. The van der Waals surface area contributed by atoms with Gasteiger partial charge in [-0.15, -0.1) is 0 Å². The zero-order chi connectivity index (χ0) is 11.8. The Morgan fingerprint density at radius 3 is 2.88 bits per heavy atom. The first-order valence-electron chi connectivity index (χ1n) is 5.86. The summed E-state index contributed by atoms with van der Waals surface area (Å²) in [7, 11) is 0. The smallest absolute Gasteiger partial charge is 0.146 e. The van der Waals surface area contributed by atoms with Crippen LogP contribution in [0.4, 0.5) is 4.39 Å². The zero-order valence-electron chi connectivity index (χ0n) is 9.75. The molecule has 0 aliphatic carbocycles. The molecule has 0 saturated heterocycles. The Bertz CT molecular complexity index is 304. The molecule has 0 fully saturated rings. The zero-order valence-corrected chi connectivity index (χ0v) is 9.75. The van der Waals surface area contributed by atoms with Gasteiger partial charge in [0.15, 0.2) is 0 Å². The molecule has 0 aliphatic heterocycles. The van der Waals surface area contributed by atoms with Crippen LogP contribution in [0.15, 0.2) is 18.3 Å². The summed E-state index contributed by atoms with van der Waals surface area (Å²) in [6.45, 7) is 2.16. The predicted molar refractivity (Wildman–Crippen MR) is 63.0 cm³/mol. The molecule has 0 aliphatic rings. The van der Waals surface area contributed by atoms with E-state index in [0.717, 1.165) is 19.3 Å². The van der Waals surface area contributed by atoms with Crippen LogP contribution in [0, 0.1) is 5.82 Å². The van der Waals surface area contributed by atoms with Gasteiger partial charge in [0.2, 0.25) is 0 Å². The van der Waals surface area contributed by atoms with Crippen LogP contribution in [0.3, 0.4) is 0 Å². The molecule has 0 spiro atoms. The lowest BCUT2D eigenvalue weighted by Gasteiger charge is -2.15. The van der Waals surface area contributed by atoms with Crippen LogP contribution in [-0.2, 0) is 0 Å². The Kier molecular flexibility index (Phi) is 5.96. The van der Waals surface area contributed by atoms with E-state index in [9.17, 15) is 4.39 Å². The van der Waals surface area contributed by atoms with Crippen LogP contribution in [0.25, 0.3) is 0 Å². The van der Waals surface area contributed by atoms with E-state index < -0.39 is 0 Å². The van der Waals surface area contributed by atoms with Crippen molar-refractivity contribution in [2.75, 3.05) is 0 Å². The standard InChI is InChI=1S/C12H20FN3/c1-2-3-4-5-8-11(16-14)12-10(13)7-6-9-15-12/h6-7,9,11,16H,2-5,8,14H2,1H3. The van der Waals surface area contributed by atoms with E-state index in [1.54, 1.807) is 12.3 Å². The minimum absolute atomic E-state index is 0.182. The summed E-state index contributed by atoms with van der Waals surface area (Å²) in [5, 5.41) is 0. The van der Waals surface area contributed by atoms with Crippen molar-refractivity contribution in [1.29, 1.82) is 0 Å². The van der Waals surface area contributed by atoms with Gasteiger partial charge in [-0.3, -0.25) is 16.3 Å². The molecular formula is C12H20FN3. The second-order valence-electron chi connectivity index (χ2n) is 3.94. The van der Waals surface area contributed by atoms with Crippen molar-refractivity contribution in [2.24, 2.45) is 5.84 Å². The van der Waals surface area contributed by atoms with Gasteiger partial charge in [0, 0.05) is 6.20 Å². The average Bonchev–Trinajstić information content (AvgIpc) is 2.31. The van der Waals surface area contributed by atoms with Crippen molar-refractivity contribution in [3.63, 3.8) is 0 Å². The van der Waals surface area contributed by atoms with E-state index in [1.165, 1.54) is 18.9 Å². The number of pyridine rings is 1. The first-order chi connectivity index (χ1) is 7.79. The Labute approximate surface area is 96.2 Å². The van der Waals surface area contributed by atoms with Gasteiger partial charge in [-0.05, 0) is 18.6 Å². The third-order valence-corrected chi connectivity index (χ3v) is 2.66. The molecule has 1 rings (SSSR count). The van der Waals surface area contributed by atoms with Gasteiger partial charge in [-0.1, -0.05) is 32.6 Å². The first kappa shape index (κ1) is 13.1. The quantitative estimate of drug-likeness (QED) is 0.426. The van der Waals surface area contributed by atoms with Crippen LogP contribution in [0.2, 0.25) is 0 Å². The molecule has 1 aromatic rings. The monoisotopic (exact) mass is 225 g/mol. The van der Waals surface area contributed by atoms with E-state index in [-0.39, 0.29) is 11.9 Å². The van der Waals surface area contributed by atoms with Gasteiger partial charge < -0.3 is 0 Å². The van der Waals surface area contributed by atoms with Crippen LogP contribution >= 0.6 is 0 Å². The van der Waals surface area contributed by atoms with E-state index in [1.807, 2.05) is 0 Å².